The van der Waals surface area contributed by atoms with E-state index in [9.17, 15) is 9.90 Å². The molecule has 4 nitrogen and oxygen atoms in total. The fourth-order valence-electron chi connectivity index (χ4n) is 5.52. The Kier molecular flexibility index (Phi) is 4.57. The van der Waals surface area contributed by atoms with Gasteiger partial charge in [0.1, 0.15) is 0 Å². The minimum absolute atomic E-state index is 0.0602. The summed E-state index contributed by atoms with van der Waals surface area (Å²) in [5, 5.41) is 12.9. The molecular formula is C27H28N2O2. The van der Waals surface area contributed by atoms with Crippen molar-refractivity contribution in [1.29, 1.82) is 0 Å². The lowest BCUT2D eigenvalue weighted by Gasteiger charge is -2.35. The topological polar surface area (TPSA) is 53.4 Å². The third-order valence-corrected chi connectivity index (χ3v) is 7.39. The van der Waals surface area contributed by atoms with Crippen LogP contribution in [-0.4, -0.2) is 33.0 Å². The molecule has 3 aromatic rings. The van der Waals surface area contributed by atoms with Crippen molar-refractivity contribution in [2.45, 2.75) is 69.6 Å². The lowest BCUT2D eigenvalue weighted by atomic mass is 9.91. The van der Waals surface area contributed by atoms with E-state index in [1.807, 2.05) is 11.1 Å². The second-order valence-electron chi connectivity index (χ2n) is 9.50. The molecule has 0 spiro atoms. The number of amides is 1. The molecule has 2 saturated carbocycles. The molecular weight excluding hydrogens is 384 g/mol. The molecule has 158 valence electrons. The number of carbonyl (C=O) groups is 1. The van der Waals surface area contributed by atoms with Crippen molar-refractivity contribution in [1.82, 2.24) is 9.88 Å². The van der Waals surface area contributed by atoms with Gasteiger partial charge in [0.25, 0.3) is 5.91 Å². The minimum Gasteiger partial charge on any atom is -0.391 e. The van der Waals surface area contributed by atoms with E-state index in [0.717, 1.165) is 43.2 Å². The Bertz CT molecular complexity index is 1150. The van der Waals surface area contributed by atoms with Crippen molar-refractivity contribution in [2.75, 3.05) is 0 Å². The highest BCUT2D eigenvalue weighted by atomic mass is 16.3. The molecule has 4 heteroatoms. The van der Waals surface area contributed by atoms with E-state index in [-0.39, 0.29) is 11.9 Å². The van der Waals surface area contributed by atoms with E-state index in [4.69, 9.17) is 0 Å². The maximum Gasteiger partial charge on any atom is 0.254 e. The van der Waals surface area contributed by atoms with Gasteiger partial charge in [-0.25, -0.2) is 0 Å². The zero-order valence-corrected chi connectivity index (χ0v) is 17.8. The van der Waals surface area contributed by atoms with Crippen molar-refractivity contribution in [3.8, 4) is 0 Å². The molecule has 31 heavy (non-hydrogen) atoms. The summed E-state index contributed by atoms with van der Waals surface area (Å²) in [7, 11) is 0. The summed E-state index contributed by atoms with van der Waals surface area (Å²) in [6, 6.07) is 14.8. The summed E-state index contributed by atoms with van der Waals surface area (Å²) in [5.41, 5.74) is 5.49. The van der Waals surface area contributed by atoms with Gasteiger partial charge in [-0.2, -0.15) is 0 Å². The fraction of sp³-hybridized carbons (Fsp3) is 0.407. The van der Waals surface area contributed by atoms with Crippen LogP contribution < -0.4 is 0 Å². The highest BCUT2D eigenvalue weighted by Crippen LogP contribution is 2.39. The molecule has 2 aliphatic carbocycles. The standard InChI is InChI=1S/C27H28N2O2/c30-26-8-4-3-7-25(26)29-16-23-21-6-2-1-5-20(21)19(14-22(23)27(29)31)13-17-9-12-24(28-15-17)18-10-11-18/h1-2,5-6,9,12,14-15,18,25-26,30H,3-4,7-8,10-11,13,16H2. The molecule has 1 N–H and O–H groups in total. The largest absolute Gasteiger partial charge is 0.391 e. The first-order valence-electron chi connectivity index (χ1n) is 11.7. The zero-order chi connectivity index (χ0) is 20.9. The van der Waals surface area contributed by atoms with Crippen LogP contribution in [-0.2, 0) is 13.0 Å². The van der Waals surface area contributed by atoms with Gasteiger partial charge < -0.3 is 10.0 Å². The summed E-state index contributed by atoms with van der Waals surface area (Å²) in [6.07, 6.45) is 8.70. The summed E-state index contributed by atoms with van der Waals surface area (Å²) in [5.74, 6) is 0.740. The summed E-state index contributed by atoms with van der Waals surface area (Å²) >= 11 is 0. The number of benzene rings is 2. The van der Waals surface area contributed by atoms with Crippen molar-refractivity contribution >= 4 is 16.7 Å². The maximum atomic E-state index is 13.4. The Morgan fingerprint density at radius 1 is 1.00 bits per heavy atom. The predicted octanol–water partition coefficient (Wildman–Crippen LogP) is 4.96. The van der Waals surface area contributed by atoms with E-state index < -0.39 is 6.10 Å². The van der Waals surface area contributed by atoms with Gasteiger partial charge in [-0.15, -0.1) is 0 Å². The maximum absolute atomic E-state index is 13.4. The highest BCUT2D eigenvalue weighted by Gasteiger charge is 2.38. The van der Waals surface area contributed by atoms with Crippen molar-refractivity contribution in [3.05, 3.63) is 76.6 Å². The Hall–Kier alpha value is -2.72. The lowest BCUT2D eigenvalue weighted by molar-refractivity contribution is 0.0192. The second kappa shape index (κ2) is 7.45. The summed E-state index contributed by atoms with van der Waals surface area (Å²) in [6.45, 7) is 0.605. The van der Waals surface area contributed by atoms with Crippen LogP contribution in [0, 0.1) is 0 Å². The Balaban J connectivity index is 1.37. The van der Waals surface area contributed by atoms with Gasteiger partial charge in [0.2, 0.25) is 0 Å². The van der Waals surface area contributed by atoms with Crippen LogP contribution >= 0.6 is 0 Å². The molecule has 2 heterocycles. The number of aliphatic hydroxyl groups excluding tert-OH is 1. The second-order valence-corrected chi connectivity index (χ2v) is 9.50. The quantitative estimate of drug-likeness (QED) is 0.659. The average Bonchev–Trinajstić information content (AvgIpc) is 3.60. The third-order valence-electron chi connectivity index (χ3n) is 7.39. The van der Waals surface area contributed by atoms with Gasteiger partial charge in [0.05, 0.1) is 12.1 Å². The van der Waals surface area contributed by atoms with Crippen LogP contribution in [0.4, 0.5) is 0 Å². The van der Waals surface area contributed by atoms with Gasteiger partial charge in [0.15, 0.2) is 0 Å². The number of aliphatic hydroxyl groups is 1. The molecule has 2 fully saturated rings. The van der Waals surface area contributed by atoms with Crippen molar-refractivity contribution in [3.63, 3.8) is 0 Å². The number of rotatable bonds is 4. The molecule has 0 bridgehead atoms. The Morgan fingerprint density at radius 3 is 2.55 bits per heavy atom. The molecule has 1 aliphatic heterocycles. The van der Waals surface area contributed by atoms with E-state index >= 15 is 0 Å². The van der Waals surface area contributed by atoms with Gasteiger partial charge in [0, 0.05) is 29.9 Å². The van der Waals surface area contributed by atoms with E-state index in [0.29, 0.717) is 12.5 Å². The number of pyridine rings is 1. The first-order chi connectivity index (χ1) is 15.2. The Labute approximate surface area is 182 Å². The number of hydrogen-bond donors (Lipinski definition) is 1. The molecule has 2 atom stereocenters. The van der Waals surface area contributed by atoms with E-state index in [1.54, 1.807) is 0 Å². The van der Waals surface area contributed by atoms with Crippen LogP contribution in [0.15, 0.2) is 48.7 Å². The van der Waals surface area contributed by atoms with E-state index in [2.05, 4.69) is 47.4 Å². The van der Waals surface area contributed by atoms with Crippen LogP contribution in [0.25, 0.3) is 10.8 Å². The van der Waals surface area contributed by atoms with Gasteiger partial charge in [-0.05, 0) is 71.7 Å². The SMILES string of the molecule is O=C1c2cc(Cc3ccc(C4CC4)nc3)c3ccccc3c2CN1C1CCCCC1O. The highest BCUT2D eigenvalue weighted by molar-refractivity contribution is 6.05. The van der Waals surface area contributed by atoms with Crippen molar-refractivity contribution in [2.24, 2.45) is 0 Å². The van der Waals surface area contributed by atoms with Crippen LogP contribution in [0.2, 0.25) is 0 Å². The molecule has 6 rings (SSSR count). The normalized spacial score (nSPS) is 23.4. The van der Waals surface area contributed by atoms with Gasteiger partial charge >= 0.3 is 0 Å². The number of fused-ring (bicyclic) bond motifs is 3. The first kappa shape index (κ1) is 19.0. The van der Waals surface area contributed by atoms with Gasteiger partial charge in [-0.3, -0.25) is 9.78 Å². The fourth-order valence-corrected chi connectivity index (χ4v) is 5.52. The number of hydrogen-bond acceptors (Lipinski definition) is 3. The predicted molar refractivity (Wildman–Crippen MR) is 121 cm³/mol. The summed E-state index contributed by atoms with van der Waals surface area (Å²) in [4.78, 5) is 20.0. The number of carbonyl (C=O) groups excluding carboxylic acids is 1. The van der Waals surface area contributed by atoms with E-state index in [1.165, 1.54) is 40.4 Å². The number of nitrogens with zero attached hydrogens (tertiary/aromatic N) is 2. The lowest BCUT2D eigenvalue weighted by Crippen LogP contribution is -2.45. The average molecular weight is 413 g/mol. The third kappa shape index (κ3) is 3.34. The molecule has 0 radical (unpaired) electrons. The number of aromatic nitrogens is 1. The Morgan fingerprint density at radius 2 is 1.81 bits per heavy atom. The molecule has 1 amide bonds. The summed E-state index contributed by atoms with van der Waals surface area (Å²) < 4.78 is 0. The van der Waals surface area contributed by atoms with Crippen LogP contribution in [0.5, 0.6) is 0 Å². The molecule has 2 aromatic carbocycles. The van der Waals surface area contributed by atoms with Crippen molar-refractivity contribution < 1.29 is 9.90 Å². The van der Waals surface area contributed by atoms with Crippen LogP contribution in [0.3, 0.4) is 0 Å². The zero-order valence-electron chi connectivity index (χ0n) is 17.8. The first-order valence-corrected chi connectivity index (χ1v) is 11.7. The minimum atomic E-state index is -0.409. The van der Waals surface area contributed by atoms with Gasteiger partial charge in [-0.1, -0.05) is 43.2 Å². The molecule has 1 aromatic heterocycles. The van der Waals surface area contributed by atoms with Crippen LogP contribution in [0.1, 0.15) is 77.2 Å². The smallest absolute Gasteiger partial charge is 0.254 e. The molecule has 3 aliphatic rings. The molecule has 2 unspecified atom stereocenters. The molecule has 0 saturated heterocycles. The monoisotopic (exact) mass is 412 g/mol.